The second kappa shape index (κ2) is 10.3. The minimum absolute atomic E-state index is 0.0852. The highest BCUT2D eigenvalue weighted by atomic mass is 16.7. The van der Waals surface area contributed by atoms with E-state index in [9.17, 15) is 4.79 Å². The number of oxazole rings is 1. The number of fused-ring (bicyclic) bond motifs is 1. The Morgan fingerprint density at radius 1 is 1.06 bits per heavy atom. The molecule has 0 aliphatic carbocycles. The highest BCUT2D eigenvalue weighted by Gasteiger charge is 2.20. The van der Waals surface area contributed by atoms with E-state index in [-0.39, 0.29) is 24.5 Å². The van der Waals surface area contributed by atoms with E-state index in [1.54, 1.807) is 0 Å². The molecule has 8 heteroatoms. The van der Waals surface area contributed by atoms with E-state index in [4.69, 9.17) is 18.6 Å². The van der Waals surface area contributed by atoms with Gasteiger partial charge in [-0.05, 0) is 43.0 Å². The Bertz CT molecular complexity index is 1120. The van der Waals surface area contributed by atoms with Crippen LogP contribution < -0.4 is 14.8 Å². The summed E-state index contributed by atoms with van der Waals surface area (Å²) >= 11 is 0. The number of carbonyl (C=O) groups is 1. The first-order chi connectivity index (χ1) is 16.6. The molecule has 0 unspecified atom stereocenters. The van der Waals surface area contributed by atoms with Crippen molar-refractivity contribution in [2.45, 2.75) is 45.5 Å². The van der Waals surface area contributed by atoms with Gasteiger partial charge in [0.25, 0.3) is 5.91 Å². The summed E-state index contributed by atoms with van der Waals surface area (Å²) in [5, 5.41) is 2.89. The second-order valence-electron chi connectivity index (χ2n) is 8.79. The smallest absolute Gasteiger partial charge is 0.273 e. The molecule has 1 atom stereocenters. The third kappa shape index (κ3) is 5.58. The Hall–Kier alpha value is -3.36. The van der Waals surface area contributed by atoms with Crippen molar-refractivity contribution in [3.05, 3.63) is 77.0 Å². The van der Waals surface area contributed by atoms with Gasteiger partial charge in [-0.15, -0.1) is 0 Å². The van der Waals surface area contributed by atoms with Gasteiger partial charge in [0, 0.05) is 26.2 Å². The van der Waals surface area contributed by atoms with E-state index in [0.717, 1.165) is 36.5 Å². The number of nitrogens with zero attached hydrogens (tertiary/aromatic N) is 2. The molecule has 0 bridgehead atoms. The highest BCUT2D eigenvalue weighted by molar-refractivity contribution is 5.91. The molecule has 34 heavy (non-hydrogen) atoms. The molecule has 5 rings (SSSR count). The number of amides is 1. The van der Waals surface area contributed by atoms with Gasteiger partial charge in [-0.1, -0.05) is 35.9 Å². The SMILES string of the molecule is Cc1ccc(CN(Cc2ccc3c(c2)OCO3)Cc2nc(C(=O)NC[C@@H]3CCCO3)co2)cc1. The van der Waals surface area contributed by atoms with Crippen molar-refractivity contribution in [2.75, 3.05) is 19.9 Å². The van der Waals surface area contributed by atoms with E-state index in [1.807, 2.05) is 18.2 Å². The molecule has 1 N–H and O–H groups in total. The summed E-state index contributed by atoms with van der Waals surface area (Å²) in [5.74, 6) is 1.77. The molecule has 0 spiro atoms. The molecule has 0 radical (unpaired) electrons. The normalized spacial score (nSPS) is 16.8. The Morgan fingerprint density at radius 3 is 2.68 bits per heavy atom. The predicted octanol–water partition coefficient (Wildman–Crippen LogP) is 3.82. The number of rotatable bonds is 9. The fraction of sp³-hybridized carbons (Fsp3) is 0.385. The van der Waals surface area contributed by atoms with Crippen molar-refractivity contribution in [2.24, 2.45) is 0 Å². The molecule has 1 amide bonds. The summed E-state index contributed by atoms with van der Waals surface area (Å²) in [4.78, 5) is 19.2. The lowest BCUT2D eigenvalue weighted by Gasteiger charge is -2.21. The van der Waals surface area contributed by atoms with E-state index in [0.29, 0.717) is 32.1 Å². The van der Waals surface area contributed by atoms with E-state index in [2.05, 4.69) is 46.4 Å². The Morgan fingerprint density at radius 2 is 1.85 bits per heavy atom. The molecule has 1 fully saturated rings. The van der Waals surface area contributed by atoms with Crippen LogP contribution in [-0.4, -0.2) is 41.8 Å². The zero-order chi connectivity index (χ0) is 23.3. The average molecular weight is 464 g/mol. The maximum Gasteiger partial charge on any atom is 0.273 e. The van der Waals surface area contributed by atoms with Crippen LogP contribution >= 0.6 is 0 Å². The summed E-state index contributed by atoms with van der Waals surface area (Å²) < 4.78 is 22.2. The van der Waals surface area contributed by atoms with Crippen LogP contribution in [0.15, 0.2) is 53.1 Å². The molecular weight excluding hydrogens is 434 g/mol. The van der Waals surface area contributed by atoms with Crippen LogP contribution in [0.1, 0.15) is 45.9 Å². The van der Waals surface area contributed by atoms with Gasteiger partial charge in [0.2, 0.25) is 12.7 Å². The van der Waals surface area contributed by atoms with Crippen LogP contribution in [0.3, 0.4) is 0 Å². The van der Waals surface area contributed by atoms with Crippen LogP contribution in [0.5, 0.6) is 11.5 Å². The maximum atomic E-state index is 12.5. The zero-order valence-electron chi connectivity index (χ0n) is 19.3. The number of benzene rings is 2. The lowest BCUT2D eigenvalue weighted by atomic mass is 10.1. The first kappa shape index (κ1) is 22.4. The molecule has 3 heterocycles. The number of aryl methyl sites for hydroxylation is 1. The van der Waals surface area contributed by atoms with Crippen molar-refractivity contribution in [3.8, 4) is 11.5 Å². The highest BCUT2D eigenvalue weighted by Crippen LogP contribution is 2.33. The van der Waals surface area contributed by atoms with E-state index < -0.39 is 0 Å². The number of carbonyl (C=O) groups excluding carboxylic acids is 1. The zero-order valence-corrected chi connectivity index (χ0v) is 19.3. The standard InChI is InChI=1S/C26H29N3O5/c1-18-4-6-19(7-5-18)13-29(14-20-8-9-23-24(11-20)34-17-33-23)15-25-28-22(16-32-25)26(30)27-12-21-3-2-10-31-21/h4-9,11,16,21H,2-3,10,12-15,17H2,1H3,(H,27,30)/t21-/m0/s1. The van der Waals surface area contributed by atoms with E-state index >= 15 is 0 Å². The van der Waals surface area contributed by atoms with Gasteiger partial charge in [-0.25, -0.2) is 4.98 Å². The van der Waals surface area contributed by atoms with Crippen LogP contribution in [0.25, 0.3) is 0 Å². The van der Waals surface area contributed by atoms with Crippen molar-refractivity contribution >= 4 is 5.91 Å². The molecule has 2 aliphatic rings. The fourth-order valence-electron chi connectivity index (χ4n) is 4.20. The van der Waals surface area contributed by atoms with Gasteiger partial charge in [0.05, 0.1) is 12.6 Å². The van der Waals surface area contributed by atoms with E-state index in [1.165, 1.54) is 17.4 Å². The molecular formula is C26H29N3O5. The van der Waals surface area contributed by atoms with Gasteiger partial charge in [-0.3, -0.25) is 9.69 Å². The van der Waals surface area contributed by atoms with Gasteiger partial charge in [0.15, 0.2) is 17.2 Å². The molecule has 2 aromatic carbocycles. The summed E-state index contributed by atoms with van der Waals surface area (Å²) in [5.41, 5.74) is 3.79. The predicted molar refractivity (Wildman–Crippen MR) is 125 cm³/mol. The molecule has 0 saturated carbocycles. The molecule has 1 aromatic heterocycles. The molecule has 2 aliphatic heterocycles. The molecule has 3 aromatic rings. The third-order valence-corrected chi connectivity index (χ3v) is 6.03. The monoisotopic (exact) mass is 463 g/mol. The fourth-order valence-corrected chi connectivity index (χ4v) is 4.20. The van der Waals surface area contributed by atoms with Crippen LogP contribution in [0.2, 0.25) is 0 Å². The Balaban J connectivity index is 1.27. The van der Waals surface area contributed by atoms with Crippen LogP contribution in [0.4, 0.5) is 0 Å². The Kier molecular flexibility index (Phi) is 6.78. The number of hydrogen-bond donors (Lipinski definition) is 1. The van der Waals surface area contributed by atoms with Gasteiger partial charge in [0.1, 0.15) is 6.26 Å². The van der Waals surface area contributed by atoms with Crippen molar-refractivity contribution < 1.29 is 23.4 Å². The van der Waals surface area contributed by atoms with Gasteiger partial charge < -0.3 is 23.9 Å². The summed E-state index contributed by atoms with van der Waals surface area (Å²) in [7, 11) is 0. The summed E-state index contributed by atoms with van der Waals surface area (Å²) in [6.45, 7) is 5.40. The summed E-state index contributed by atoms with van der Waals surface area (Å²) in [6, 6.07) is 14.4. The largest absolute Gasteiger partial charge is 0.454 e. The van der Waals surface area contributed by atoms with Crippen LogP contribution in [-0.2, 0) is 24.4 Å². The lowest BCUT2D eigenvalue weighted by Crippen LogP contribution is -2.32. The first-order valence-electron chi connectivity index (χ1n) is 11.6. The molecule has 1 saturated heterocycles. The van der Waals surface area contributed by atoms with Crippen LogP contribution in [0, 0.1) is 6.92 Å². The third-order valence-electron chi connectivity index (χ3n) is 6.03. The Labute approximate surface area is 198 Å². The topological polar surface area (TPSA) is 86.1 Å². The molecule has 8 nitrogen and oxygen atoms in total. The first-order valence-corrected chi connectivity index (χ1v) is 11.6. The number of hydrogen-bond acceptors (Lipinski definition) is 7. The van der Waals surface area contributed by atoms with Crippen molar-refractivity contribution in [1.29, 1.82) is 0 Å². The number of nitrogens with one attached hydrogen (secondary N) is 1. The lowest BCUT2D eigenvalue weighted by molar-refractivity contribution is 0.0853. The minimum atomic E-state index is -0.244. The number of ether oxygens (including phenoxy) is 3. The van der Waals surface area contributed by atoms with Crippen molar-refractivity contribution in [1.82, 2.24) is 15.2 Å². The number of aromatic nitrogens is 1. The maximum absolute atomic E-state index is 12.5. The van der Waals surface area contributed by atoms with Crippen molar-refractivity contribution in [3.63, 3.8) is 0 Å². The minimum Gasteiger partial charge on any atom is -0.454 e. The second-order valence-corrected chi connectivity index (χ2v) is 8.79. The quantitative estimate of drug-likeness (QED) is 0.516. The van der Waals surface area contributed by atoms with Gasteiger partial charge >= 0.3 is 0 Å². The summed E-state index contributed by atoms with van der Waals surface area (Å²) in [6.07, 6.45) is 3.51. The van der Waals surface area contributed by atoms with Gasteiger partial charge in [-0.2, -0.15) is 0 Å². The average Bonchev–Trinajstić information content (AvgIpc) is 3.61. The molecule has 178 valence electrons.